The Hall–Kier alpha value is -2.68. The second-order valence-corrected chi connectivity index (χ2v) is 5.47. The topological polar surface area (TPSA) is 103 Å². The van der Waals surface area contributed by atoms with Crippen molar-refractivity contribution in [3.05, 3.63) is 18.5 Å². The van der Waals surface area contributed by atoms with Crippen LogP contribution < -0.4 is 10.1 Å². The van der Waals surface area contributed by atoms with Crippen molar-refractivity contribution in [1.82, 2.24) is 29.9 Å². The second-order valence-electron chi connectivity index (χ2n) is 5.47. The summed E-state index contributed by atoms with van der Waals surface area (Å²) in [6.07, 6.45) is 4.45. The van der Waals surface area contributed by atoms with Crippen LogP contribution in [-0.4, -0.2) is 50.3 Å². The minimum atomic E-state index is 0.479. The number of nitrogens with one attached hydrogen (secondary N) is 2. The maximum Gasteiger partial charge on any atom is 0.210 e. The lowest BCUT2D eigenvalue weighted by atomic mass is 10.1. The van der Waals surface area contributed by atoms with E-state index in [-0.39, 0.29) is 0 Å². The highest BCUT2D eigenvalue weighted by Crippen LogP contribution is 2.20. The van der Waals surface area contributed by atoms with Gasteiger partial charge < -0.3 is 14.8 Å². The zero-order valence-electron chi connectivity index (χ0n) is 12.7. The Labute approximate surface area is 132 Å². The molecule has 23 heavy (non-hydrogen) atoms. The summed E-state index contributed by atoms with van der Waals surface area (Å²) in [6.45, 7) is 2.39. The summed E-state index contributed by atoms with van der Waals surface area (Å²) >= 11 is 0. The molecule has 3 aromatic rings. The standard InChI is InChI=1S/C14H17N7O2/c1-22-13-4-11(19-20-13)17-12-6-15-10-5-16-21(14(10)18-12)7-9-2-3-23-8-9/h4-6,9H,2-3,7-8H2,1H3,(H2,17,18,19,20). The van der Waals surface area contributed by atoms with E-state index in [0.29, 0.717) is 23.4 Å². The highest BCUT2D eigenvalue weighted by Gasteiger charge is 2.18. The molecule has 1 unspecified atom stereocenters. The van der Waals surface area contributed by atoms with Crippen LogP contribution in [0.3, 0.4) is 0 Å². The molecule has 9 heteroatoms. The number of nitrogens with zero attached hydrogens (tertiary/aromatic N) is 5. The van der Waals surface area contributed by atoms with E-state index < -0.39 is 0 Å². The summed E-state index contributed by atoms with van der Waals surface area (Å²) in [5.74, 6) is 2.28. The Bertz CT molecular complexity index is 806. The average molecular weight is 315 g/mol. The summed E-state index contributed by atoms with van der Waals surface area (Å²) in [5, 5.41) is 14.3. The van der Waals surface area contributed by atoms with E-state index in [2.05, 4.69) is 30.6 Å². The lowest BCUT2D eigenvalue weighted by Gasteiger charge is -2.08. The SMILES string of the molecule is COc1cc(Nc2cnc3cnn(CC4CCOC4)c3n2)n[nH]1. The van der Waals surface area contributed by atoms with E-state index in [4.69, 9.17) is 9.47 Å². The average Bonchev–Trinajstić information content (AvgIpc) is 3.30. The first-order chi connectivity index (χ1) is 11.3. The van der Waals surface area contributed by atoms with Gasteiger partial charge in [0.1, 0.15) is 5.52 Å². The van der Waals surface area contributed by atoms with Crippen LogP contribution in [0.1, 0.15) is 6.42 Å². The van der Waals surface area contributed by atoms with Crippen molar-refractivity contribution in [1.29, 1.82) is 0 Å². The zero-order valence-corrected chi connectivity index (χ0v) is 12.7. The van der Waals surface area contributed by atoms with Gasteiger partial charge in [-0.15, -0.1) is 0 Å². The fourth-order valence-electron chi connectivity index (χ4n) is 2.62. The third kappa shape index (κ3) is 2.82. The Morgan fingerprint density at radius 3 is 3.17 bits per heavy atom. The van der Waals surface area contributed by atoms with Gasteiger partial charge in [0.15, 0.2) is 17.3 Å². The number of anilines is 2. The van der Waals surface area contributed by atoms with Gasteiger partial charge in [0.2, 0.25) is 5.88 Å². The van der Waals surface area contributed by atoms with E-state index in [9.17, 15) is 0 Å². The van der Waals surface area contributed by atoms with Gasteiger partial charge in [0.25, 0.3) is 0 Å². The predicted octanol–water partition coefficient (Wildman–Crippen LogP) is 1.34. The van der Waals surface area contributed by atoms with Crippen LogP contribution in [0.15, 0.2) is 18.5 Å². The van der Waals surface area contributed by atoms with Gasteiger partial charge in [-0.05, 0) is 6.42 Å². The van der Waals surface area contributed by atoms with Crippen molar-refractivity contribution >= 4 is 22.8 Å². The first-order valence-electron chi connectivity index (χ1n) is 7.44. The molecule has 2 N–H and O–H groups in total. The van der Waals surface area contributed by atoms with E-state index >= 15 is 0 Å². The number of aromatic amines is 1. The van der Waals surface area contributed by atoms with Crippen LogP contribution in [0.4, 0.5) is 11.6 Å². The van der Waals surface area contributed by atoms with Gasteiger partial charge in [-0.3, -0.25) is 0 Å². The molecule has 0 saturated carbocycles. The van der Waals surface area contributed by atoms with Gasteiger partial charge in [0, 0.05) is 25.1 Å². The Kier molecular flexibility index (Phi) is 3.54. The van der Waals surface area contributed by atoms with E-state index in [1.165, 1.54) is 0 Å². The smallest absolute Gasteiger partial charge is 0.210 e. The maximum atomic E-state index is 5.42. The lowest BCUT2D eigenvalue weighted by molar-refractivity contribution is 0.182. The van der Waals surface area contributed by atoms with Gasteiger partial charge in [0.05, 0.1) is 26.1 Å². The monoisotopic (exact) mass is 315 g/mol. The van der Waals surface area contributed by atoms with Crippen LogP contribution in [0.25, 0.3) is 11.2 Å². The molecule has 0 aliphatic carbocycles. The summed E-state index contributed by atoms with van der Waals surface area (Å²) in [6, 6.07) is 1.75. The molecule has 1 aliphatic rings. The van der Waals surface area contributed by atoms with Crippen molar-refractivity contribution < 1.29 is 9.47 Å². The molecule has 1 fully saturated rings. The molecule has 4 heterocycles. The molecule has 0 amide bonds. The van der Waals surface area contributed by atoms with E-state index in [1.54, 1.807) is 25.6 Å². The van der Waals surface area contributed by atoms with Crippen molar-refractivity contribution in [2.75, 3.05) is 25.6 Å². The molecule has 0 radical (unpaired) electrons. The van der Waals surface area contributed by atoms with Crippen molar-refractivity contribution in [3.63, 3.8) is 0 Å². The molecule has 0 aromatic carbocycles. The second kappa shape index (κ2) is 5.84. The van der Waals surface area contributed by atoms with Crippen LogP contribution >= 0.6 is 0 Å². The molecule has 4 rings (SSSR count). The normalized spacial score (nSPS) is 17.7. The van der Waals surface area contributed by atoms with E-state index in [1.807, 2.05) is 4.68 Å². The van der Waals surface area contributed by atoms with Crippen molar-refractivity contribution in [3.8, 4) is 5.88 Å². The molecule has 0 bridgehead atoms. The largest absolute Gasteiger partial charge is 0.481 e. The number of methoxy groups -OCH3 is 1. The molecular formula is C14H17N7O2. The lowest BCUT2D eigenvalue weighted by Crippen LogP contribution is -2.12. The number of ether oxygens (including phenoxy) is 2. The van der Waals surface area contributed by atoms with Crippen LogP contribution in [0.5, 0.6) is 5.88 Å². The molecule has 120 valence electrons. The first-order valence-corrected chi connectivity index (χ1v) is 7.44. The number of hydrogen-bond acceptors (Lipinski definition) is 7. The van der Waals surface area contributed by atoms with E-state index in [0.717, 1.165) is 37.3 Å². The van der Waals surface area contributed by atoms with Gasteiger partial charge >= 0.3 is 0 Å². The number of rotatable bonds is 5. The zero-order chi connectivity index (χ0) is 15.6. The molecule has 1 saturated heterocycles. The highest BCUT2D eigenvalue weighted by molar-refractivity contribution is 5.71. The quantitative estimate of drug-likeness (QED) is 0.732. The number of hydrogen-bond donors (Lipinski definition) is 2. The van der Waals surface area contributed by atoms with Gasteiger partial charge in [-0.25, -0.2) is 19.7 Å². The molecule has 3 aromatic heterocycles. The number of fused-ring (bicyclic) bond motifs is 1. The van der Waals surface area contributed by atoms with Crippen LogP contribution in [0, 0.1) is 5.92 Å². The fourth-order valence-corrected chi connectivity index (χ4v) is 2.62. The summed E-state index contributed by atoms with van der Waals surface area (Å²) < 4.78 is 12.4. The first kappa shape index (κ1) is 13.9. The van der Waals surface area contributed by atoms with Gasteiger partial charge in [-0.1, -0.05) is 0 Å². The third-order valence-electron chi connectivity index (χ3n) is 3.83. The van der Waals surface area contributed by atoms with Gasteiger partial charge in [-0.2, -0.15) is 10.2 Å². The Morgan fingerprint density at radius 2 is 2.39 bits per heavy atom. The van der Waals surface area contributed by atoms with Crippen LogP contribution in [0.2, 0.25) is 0 Å². The minimum absolute atomic E-state index is 0.479. The highest BCUT2D eigenvalue weighted by atomic mass is 16.5. The number of H-pyrrole nitrogens is 1. The van der Waals surface area contributed by atoms with Crippen molar-refractivity contribution in [2.24, 2.45) is 5.92 Å². The summed E-state index contributed by atoms with van der Waals surface area (Å²) in [5.41, 5.74) is 1.53. The molecule has 9 nitrogen and oxygen atoms in total. The Balaban J connectivity index is 1.58. The van der Waals surface area contributed by atoms with Crippen LogP contribution in [-0.2, 0) is 11.3 Å². The maximum absolute atomic E-state index is 5.42. The molecule has 0 spiro atoms. The number of aromatic nitrogens is 6. The Morgan fingerprint density at radius 1 is 1.43 bits per heavy atom. The third-order valence-corrected chi connectivity index (χ3v) is 3.83. The molecule has 1 aliphatic heterocycles. The summed E-state index contributed by atoms with van der Waals surface area (Å²) in [4.78, 5) is 8.99. The predicted molar refractivity (Wildman–Crippen MR) is 82.7 cm³/mol. The molecule has 1 atom stereocenters. The molecular weight excluding hydrogens is 298 g/mol. The summed E-state index contributed by atoms with van der Waals surface area (Å²) in [7, 11) is 1.58. The minimum Gasteiger partial charge on any atom is -0.481 e. The van der Waals surface area contributed by atoms with Crippen molar-refractivity contribution in [2.45, 2.75) is 13.0 Å². The fraction of sp³-hybridized carbons (Fsp3) is 0.429.